The molecule has 1 aromatic carbocycles. The van der Waals surface area contributed by atoms with Crippen molar-refractivity contribution < 1.29 is 23.1 Å². The number of hydrogen-bond acceptors (Lipinski definition) is 7. The zero-order valence-electron chi connectivity index (χ0n) is 21.3. The number of halogens is 2. The highest BCUT2D eigenvalue weighted by Gasteiger charge is 2.57. The van der Waals surface area contributed by atoms with Crippen molar-refractivity contribution in [2.75, 3.05) is 37.6 Å². The number of carboxylic acids is 1. The molecule has 1 aliphatic carbocycles. The first kappa shape index (κ1) is 26.8. The second-order valence-electron chi connectivity index (χ2n) is 11.1. The number of aliphatic carboxylic acids is 1. The molecule has 2 aromatic rings. The first-order chi connectivity index (χ1) is 18.6. The van der Waals surface area contributed by atoms with Crippen molar-refractivity contribution in [3.05, 3.63) is 52.3 Å². The molecule has 6 rings (SSSR count). The molecule has 4 fully saturated rings. The van der Waals surface area contributed by atoms with Crippen LogP contribution in [0, 0.1) is 0 Å². The summed E-state index contributed by atoms with van der Waals surface area (Å²) in [5.41, 5.74) is 0.640. The number of piperazine rings is 1. The first-order valence-electron chi connectivity index (χ1n) is 13.3. The molecule has 4 aliphatic rings. The molecule has 0 bridgehead atoms. The standard InChI is InChI=1S/C27H30Cl2N4O5S/c28-21-12-18(32-11-10-31-9-1-2-19(31)15-32)4-5-23(21)39(37,38)20-13-22(25(34)35)33(16-20)26(36)27(7-8-27)17-3-6-24(29)30-14-17/h3-6,12,14,19-20,22H,1-2,7-11,13,15-16H2,(H,34,35)/t19?,20-,22+/m1/s1. The third kappa shape index (κ3) is 4.69. The fourth-order valence-electron chi connectivity index (χ4n) is 6.49. The van der Waals surface area contributed by atoms with Crippen LogP contribution in [0.2, 0.25) is 10.2 Å². The highest BCUT2D eigenvalue weighted by atomic mass is 35.5. The van der Waals surface area contributed by atoms with Crippen LogP contribution in [0.4, 0.5) is 5.69 Å². The Morgan fingerprint density at radius 1 is 1.05 bits per heavy atom. The fourth-order valence-corrected chi connectivity index (χ4v) is 8.84. The van der Waals surface area contributed by atoms with Gasteiger partial charge in [-0.25, -0.2) is 18.2 Å². The number of nitrogens with zero attached hydrogens (tertiary/aromatic N) is 4. The molecule has 3 aliphatic heterocycles. The third-order valence-electron chi connectivity index (χ3n) is 8.86. The summed E-state index contributed by atoms with van der Waals surface area (Å²) >= 11 is 12.5. The van der Waals surface area contributed by atoms with E-state index in [1.54, 1.807) is 24.3 Å². The molecule has 3 saturated heterocycles. The van der Waals surface area contributed by atoms with Crippen LogP contribution in [-0.4, -0.2) is 90.2 Å². The smallest absolute Gasteiger partial charge is 0.326 e. The molecule has 1 unspecified atom stereocenters. The van der Waals surface area contributed by atoms with Gasteiger partial charge >= 0.3 is 5.97 Å². The second-order valence-corrected chi connectivity index (χ2v) is 14.0. The number of likely N-dealkylation sites (tertiary alicyclic amines) is 1. The van der Waals surface area contributed by atoms with Crippen LogP contribution in [-0.2, 0) is 24.8 Å². The van der Waals surface area contributed by atoms with Crippen molar-refractivity contribution in [2.45, 2.75) is 59.7 Å². The van der Waals surface area contributed by atoms with Gasteiger partial charge in [0.25, 0.3) is 0 Å². The van der Waals surface area contributed by atoms with E-state index in [9.17, 15) is 23.1 Å². The maximum Gasteiger partial charge on any atom is 0.326 e. The summed E-state index contributed by atoms with van der Waals surface area (Å²) in [6.45, 7) is 3.63. The summed E-state index contributed by atoms with van der Waals surface area (Å²) in [7, 11) is -4.00. The minimum Gasteiger partial charge on any atom is -0.480 e. The van der Waals surface area contributed by atoms with Gasteiger partial charge in [-0.2, -0.15) is 0 Å². The number of fused-ring (bicyclic) bond motifs is 1. The van der Waals surface area contributed by atoms with Crippen LogP contribution in [0.15, 0.2) is 41.4 Å². The number of carbonyl (C=O) groups is 2. The molecule has 39 heavy (non-hydrogen) atoms. The molecule has 3 atom stereocenters. The van der Waals surface area contributed by atoms with Gasteiger partial charge in [0, 0.05) is 44.1 Å². The zero-order chi connectivity index (χ0) is 27.5. The van der Waals surface area contributed by atoms with Crippen LogP contribution in [0.1, 0.15) is 37.7 Å². The second kappa shape index (κ2) is 9.90. The van der Waals surface area contributed by atoms with E-state index < -0.39 is 32.5 Å². The molecule has 0 spiro atoms. The van der Waals surface area contributed by atoms with Gasteiger partial charge in [-0.3, -0.25) is 9.69 Å². The minimum atomic E-state index is -4.00. The maximum absolute atomic E-state index is 13.7. The lowest BCUT2D eigenvalue weighted by atomic mass is 9.95. The van der Waals surface area contributed by atoms with Crippen molar-refractivity contribution in [3.63, 3.8) is 0 Å². The number of benzene rings is 1. The van der Waals surface area contributed by atoms with Crippen LogP contribution in [0.3, 0.4) is 0 Å². The topological polar surface area (TPSA) is 111 Å². The Kier molecular flexibility index (Phi) is 6.81. The molecule has 12 heteroatoms. The number of hydrogen-bond donors (Lipinski definition) is 1. The predicted octanol–water partition coefficient (Wildman–Crippen LogP) is 3.23. The number of aromatic nitrogens is 1. The Bertz CT molecular complexity index is 1420. The number of carboxylic acid groups (broad SMARTS) is 1. The van der Waals surface area contributed by atoms with Crippen LogP contribution < -0.4 is 4.90 Å². The highest BCUT2D eigenvalue weighted by Crippen LogP contribution is 2.51. The molecule has 1 amide bonds. The Balaban J connectivity index is 1.23. The van der Waals surface area contributed by atoms with Gasteiger partial charge in [0.15, 0.2) is 9.84 Å². The van der Waals surface area contributed by atoms with Gasteiger partial charge in [0.05, 0.1) is 20.6 Å². The average Bonchev–Trinajstić information content (AvgIpc) is 3.36. The zero-order valence-corrected chi connectivity index (χ0v) is 23.6. The molecule has 1 N–H and O–H groups in total. The quantitative estimate of drug-likeness (QED) is 0.509. The molecule has 1 aromatic heterocycles. The molecular formula is C27H30Cl2N4O5S. The van der Waals surface area contributed by atoms with E-state index in [1.165, 1.54) is 23.6 Å². The highest BCUT2D eigenvalue weighted by molar-refractivity contribution is 7.92. The number of pyridine rings is 1. The number of rotatable bonds is 6. The van der Waals surface area contributed by atoms with E-state index in [1.807, 2.05) is 0 Å². The predicted molar refractivity (Wildman–Crippen MR) is 147 cm³/mol. The fraction of sp³-hybridized carbons (Fsp3) is 0.519. The van der Waals surface area contributed by atoms with E-state index in [-0.39, 0.29) is 28.8 Å². The Morgan fingerprint density at radius 2 is 1.85 bits per heavy atom. The number of carbonyl (C=O) groups excluding carboxylic acids is 1. The van der Waals surface area contributed by atoms with Gasteiger partial charge in [-0.1, -0.05) is 29.3 Å². The van der Waals surface area contributed by atoms with E-state index >= 15 is 0 Å². The number of amides is 1. The van der Waals surface area contributed by atoms with Gasteiger partial charge < -0.3 is 14.9 Å². The lowest BCUT2D eigenvalue weighted by Crippen LogP contribution is -2.50. The van der Waals surface area contributed by atoms with Crippen molar-refractivity contribution >= 4 is 50.6 Å². The third-order valence-corrected chi connectivity index (χ3v) is 11.7. The summed E-state index contributed by atoms with van der Waals surface area (Å²) in [5, 5.41) is 9.26. The van der Waals surface area contributed by atoms with Gasteiger partial charge in [-0.05, 0) is 68.5 Å². The van der Waals surface area contributed by atoms with Crippen LogP contribution in [0.5, 0.6) is 0 Å². The summed E-state index contributed by atoms with van der Waals surface area (Å²) in [4.78, 5) is 35.8. The number of sulfone groups is 1. The largest absolute Gasteiger partial charge is 0.480 e. The molecule has 0 radical (unpaired) electrons. The normalized spacial score (nSPS) is 26.5. The summed E-state index contributed by atoms with van der Waals surface area (Å²) in [6.07, 6.45) is 4.78. The van der Waals surface area contributed by atoms with Gasteiger partial charge in [-0.15, -0.1) is 0 Å². The van der Waals surface area contributed by atoms with E-state index in [4.69, 9.17) is 23.2 Å². The lowest BCUT2D eigenvalue weighted by molar-refractivity contribution is -0.149. The lowest BCUT2D eigenvalue weighted by Gasteiger charge is -2.39. The van der Waals surface area contributed by atoms with Gasteiger partial charge in [0.1, 0.15) is 11.2 Å². The van der Waals surface area contributed by atoms with E-state index in [0.29, 0.717) is 29.6 Å². The maximum atomic E-state index is 13.7. The minimum absolute atomic E-state index is 0.0288. The monoisotopic (exact) mass is 592 g/mol. The van der Waals surface area contributed by atoms with Crippen molar-refractivity contribution in [1.82, 2.24) is 14.8 Å². The summed E-state index contributed by atoms with van der Waals surface area (Å²) < 4.78 is 27.5. The summed E-state index contributed by atoms with van der Waals surface area (Å²) in [6, 6.07) is 7.57. The first-order valence-corrected chi connectivity index (χ1v) is 15.6. The van der Waals surface area contributed by atoms with Crippen LogP contribution in [0.25, 0.3) is 0 Å². The van der Waals surface area contributed by atoms with Crippen LogP contribution >= 0.6 is 23.2 Å². The molecular weight excluding hydrogens is 563 g/mol. The Labute approximate surface area is 237 Å². The molecule has 9 nitrogen and oxygen atoms in total. The van der Waals surface area contributed by atoms with E-state index in [2.05, 4.69) is 14.8 Å². The number of anilines is 1. The Hall–Kier alpha value is -2.40. The molecule has 208 valence electrons. The van der Waals surface area contributed by atoms with Crippen molar-refractivity contribution in [2.24, 2.45) is 0 Å². The average molecular weight is 594 g/mol. The Morgan fingerprint density at radius 3 is 2.51 bits per heavy atom. The summed E-state index contributed by atoms with van der Waals surface area (Å²) in [5.74, 6) is -1.61. The van der Waals surface area contributed by atoms with Gasteiger partial charge in [0.2, 0.25) is 5.91 Å². The molecule has 4 heterocycles. The van der Waals surface area contributed by atoms with Crippen molar-refractivity contribution in [1.29, 1.82) is 0 Å². The SMILES string of the molecule is O=C(O)[C@@H]1C[C@@H](S(=O)(=O)c2ccc(N3CCN4CCCC4C3)cc2Cl)CN1C(=O)C1(c2ccc(Cl)nc2)CC1. The van der Waals surface area contributed by atoms with Crippen molar-refractivity contribution in [3.8, 4) is 0 Å². The van der Waals surface area contributed by atoms with E-state index in [0.717, 1.165) is 38.3 Å². The molecule has 1 saturated carbocycles.